The fraction of sp³-hybridized carbons (Fsp3) is 0.625. The molecule has 0 amide bonds. The van der Waals surface area contributed by atoms with Crippen molar-refractivity contribution in [1.29, 1.82) is 0 Å². The van der Waals surface area contributed by atoms with Crippen LogP contribution >= 0.6 is 0 Å². The molecule has 2 rings (SSSR count). The number of rotatable bonds is 16. The summed E-state index contributed by atoms with van der Waals surface area (Å²) in [6, 6.07) is 6.43. The summed E-state index contributed by atoms with van der Waals surface area (Å²) in [5.41, 5.74) is -2.75. The van der Waals surface area contributed by atoms with Crippen LogP contribution in [0.2, 0.25) is 0 Å². The second kappa shape index (κ2) is 14.5. The first-order valence-corrected chi connectivity index (χ1v) is 11.7. The molecule has 1 aromatic rings. The van der Waals surface area contributed by atoms with Crippen molar-refractivity contribution in [3.63, 3.8) is 0 Å². The lowest BCUT2D eigenvalue weighted by Gasteiger charge is -2.26. The highest BCUT2D eigenvalue weighted by Crippen LogP contribution is 2.28. The summed E-state index contributed by atoms with van der Waals surface area (Å²) in [6.07, 6.45) is 4.39. The second-order valence-electron chi connectivity index (χ2n) is 8.43. The van der Waals surface area contributed by atoms with Crippen LogP contribution in [0, 0.1) is 0 Å². The number of ether oxygens (including phenoxy) is 3. The Hall–Kier alpha value is -2.69. The Labute approximate surface area is 199 Å². The summed E-state index contributed by atoms with van der Waals surface area (Å²) < 4.78 is 16.2. The Morgan fingerprint density at radius 3 is 2.18 bits per heavy atom. The Morgan fingerprint density at radius 1 is 0.912 bits per heavy atom. The zero-order valence-corrected chi connectivity index (χ0v) is 19.4. The van der Waals surface area contributed by atoms with E-state index in [1.165, 1.54) is 25.3 Å². The molecule has 0 aliphatic carbocycles. The van der Waals surface area contributed by atoms with Crippen molar-refractivity contribution >= 4 is 17.9 Å². The van der Waals surface area contributed by atoms with Crippen molar-refractivity contribution < 1.29 is 43.9 Å². The fourth-order valence-electron chi connectivity index (χ4n) is 3.67. The fourth-order valence-corrected chi connectivity index (χ4v) is 3.67. The molecule has 1 aliphatic rings. The van der Waals surface area contributed by atoms with Crippen LogP contribution in [0.3, 0.4) is 0 Å². The Morgan fingerprint density at radius 2 is 1.53 bits per heavy atom. The molecule has 1 aromatic carbocycles. The molecule has 1 heterocycles. The van der Waals surface area contributed by atoms with Gasteiger partial charge in [-0.1, -0.05) is 37.8 Å². The van der Waals surface area contributed by atoms with Crippen molar-refractivity contribution in [1.82, 2.24) is 4.90 Å². The first kappa shape index (κ1) is 27.6. The van der Waals surface area contributed by atoms with Gasteiger partial charge in [0.05, 0.1) is 32.7 Å². The van der Waals surface area contributed by atoms with Crippen LogP contribution in [0.15, 0.2) is 24.3 Å². The summed E-state index contributed by atoms with van der Waals surface area (Å²) in [5, 5.41) is 27.9. The third kappa shape index (κ3) is 10.1. The second-order valence-corrected chi connectivity index (χ2v) is 8.43. The van der Waals surface area contributed by atoms with Gasteiger partial charge in [0.1, 0.15) is 0 Å². The van der Waals surface area contributed by atoms with Gasteiger partial charge >= 0.3 is 17.9 Å². The molecule has 1 fully saturated rings. The van der Waals surface area contributed by atoms with Crippen LogP contribution in [0.1, 0.15) is 51.4 Å². The average Bonchev–Trinajstić information content (AvgIpc) is 2.79. The number of esters is 1. The minimum atomic E-state index is -2.75. The molecule has 0 aromatic heterocycles. The zero-order valence-electron chi connectivity index (χ0n) is 19.4. The van der Waals surface area contributed by atoms with Crippen LogP contribution in [0.25, 0.3) is 0 Å². The Kier molecular flexibility index (Phi) is 11.8. The van der Waals surface area contributed by atoms with E-state index >= 15 is 0 Å². The van der Waals surface area contributed by atoms with Gasteiger partial charge in [-0.25, -0.2) is 4.79 Å². The van der Waals surface area contributed by atoms with Crippen LogP contribution < -0.4 is 9.47 Å². The molecule has 190 valence electrons. The maximum absolute atomic E-state index is 12.2. The van der Waals surface area contributed by atoms with E-state index in [-0.39, 0.29) is 5.75 Å². The zero-order chi connectivity index (χ0) is 24.8. The van der Waals surface area contributed by atoms with E-state index in [1.54, 1.807) is 18.2 Å². The van der Waals surface area contributed by atoms with Crippen molar-refractivity contribution in [3.05, 3.63) is 24.3 Å². The van der Waals surface area contributed by atoms with E-state index in [2.05, 4.69) is 4.90 Å². The van der Waals surface area contributed by atoms with Crippen LogP contribution in [-0.2, 0) is 19.1 Å². The van der Waals surface area contributed by atoms with Gasteiger partial charge in [-0.2, -0.15) is 0 Å². The maximum atomic E-state index is 12.2. The predicted molar refractivity (Wildman–Crippen MR) is 122 cm³/mol. The molecule has 1 unspecified atom stereocenters. The summed E-state index contributed by atoms with van der Waals surface area (Å²) >= 11 is 0. The van der Waals surface area contributed by atoms with Crippen LogP contribution in [-0.4, -0.2) is 83.2 Å². The molecule has 1 atom stereocenters. The van der Waals surface area contributed by atoms with Crippen molar-refractivity contribution in [2.45, 2.75) is 57.0 Å². The molecule has 0 saturated carbocycles. The van der Waals surface area contributed by atoms with Gasteiger partial charge < -0.3 is 29.5 Å². The van der Waals surface area contributed by atoms with Gasteiger partial charge in [-0.05, 0) is 31.5 Å². The first-order chi connectivity index (χ1) is 16.3. The third-order valence-electron chi connectivity index (χ3n) is 5.58. The highest BCUT2D eigenvalue weighted by molar-refractivity contribution is 5.89. The molecule has 34 heavy (non-hydrogen) atoms. The normalized spacial score (nSPS) is 15.9. The number of carboxylic acids is 2. The van der Waals surface area contributed by atoms with Gasteiger partial charge in [0.2, 0.25) is 0 Å². The van der Waals surface area contributed by atoms with E-state index < -0.39 is 36.4 Å². The minimum Gasteiger partial charge on any atom is -0.490 e. The number of hydrogen-bond donors (Lipinski definition) is 3. The highest BCUT2D eigenvalue weighted by Gasteiger charge is 2.41. The molecule has 0 bridgehead atoms. The van der Waals surface area contributed by atoms with Gasteiger partial charge in [0.15, 0.2) is 17.1 Å². The lowest BCUT2D eigenvalue weighted by molar-refractivity contribution is -0.169. The molecule has 10 heteroatoms. The predicted octanol–water partition coefficient (Wildman–Crippen LogP) is 2.32. The number of aliphatic carboxylic acids is 2. The van der Waals surface area contributed by atoms with E-state index in [9.17, 15) is 19.5 Å². The Balaban J connectivity index is 1.67. The number of nitrogens with zero attached hydrogens (tertiary/aromatic N) is 1. The first-order valence-electron chi connectivity index (χ1n) is 11.7. The van der Waals surface area contributed by atoms with Crippen LogP contribution in [0.5, 0.6) is 11.5 Å². The molecule has 0 radical (unpaired) electrons. The number of aliphatic hydroxyl groups is 1. The molecule has 3 N–H and O–H groups in total. The number of carboxylic acid groups (broad SMARTS) is 2. The third-order valence-corrected chi connectivity index (χ3v) is 5.58. The lowest BCUT2D eigenvalue weighted by atomic mass is 9.96. The van der Waals surface area contributed by atoms with E-state index in [0.29, 0.717) is 12.4 Å². The van der Waals surface area contributed by atoms with Gasteiger partial charge in [-0.15, -0.1) is 0 Å². The topological polar surface area (TPSA) is 143 Å². The summed E-state index contributed by atoms with van der Waals surface area (Å²) in [6.45, 7) is 5.27. The van der Waals surface area contributed by atoms with Crippen molar-refractivity contribution in [2.75, 3.05) is 39.5 Å². The Bertz CT molecular complexity index is 794. The van der Waals surface area contributed by atoms with Crippen molar-refractivity contribution in [3.8, 4) is 11.5 Å². The van der Waals surface area contributed by atoms with E-state index in [4.69, 9.17) is 24.4 Å². The minimum absolute atomic E-state index is 0.0821. The molecule has 1 aliphatic heterocycles. The molecule has 1 saturated heterocycles. The standard InChI is InChI=1S/C24H35NO9/c26-21(27)17-24(31,23(29)30)18-22(28)34-20-10-6-5-9-19(20)33-14-8-4-2-1-3-7-11-25-12-15-32-16-13-25/h5-6,9-10,31H,1-4,7-8,11-18H2,(H,26,27)(H,29,30). The van der Waals surface area contributed by atoms with E-state index in [0.717, 1.165) is 52.1 Å². The quantitative estimate of drug-likeness (QED) is 0.183. The average molecular weight is 482 g/mol. The molecular formula is C24H35NO9. The number of para-hydroxylation sites is 2. The number of benzene rings is 1. The summed E-state index contributed by atoms with van der Waals surface area (Å²) in [5.74, 6) is -4.02. The largest absolute Gasteiger partial charge is 0.490 e. The van der Waals surface area contributed by atoms with Crippen LogP contribution in [0.4, 0.5) is 0 Å². The monoisotopic (exact) mass is 481 g/mol. The number of hydrogen-bond acceptors (Lipinski definition) is 8. The van der Waals surface area contributed by atoms with Gasteiger partial charge in [-0.3, -0.25) is 14.5 Å². The maximum Gasteiger partial charge on any atom is 0.336 e. The molecule has 10 nitrogen and oxygen atoms in total. The number of carbonyl (C=O) groups is 3. The highest BCUT2D eigenvalue weighted by atomic mass is 16.6. The smallest absolute Gasteiger partial charge is 0.336 e. The number of unbranched alkanes of at least 4 members (excludes halogenated alkanes) is 5. The summed E-state index contributed by atoms with van der Waals surface area (Å²) in [7, 11) is 0. The number of carbonyl (C=O) groups excluding carboxylic acids is 1. The summed E-state index contributed by atoms with van der Waals surface area (Å²) in [4.78, 5) is 36.6. The lowest BCUT2D eigenvalue weighted by Crippen LogP contribution is -2.43. The van der Waals surface area contributed by atoms with Crippen molar-refractivity contribution in [2.24, 2.45) is 0 Å². The van der Waals surface area contributed by atoms with E-state index in [1.807, 2.05) is 0 Å². The molecular weight excluding hydrogens is 446 g/mol. The SMILES string of the molecule is O=C(O)CC(O)(CC(=O)Oc1ccccc1OCCCCCCCCN1CCOCC1)C(=O)O. The molecule has 0 spiro atoms. The van der Waals surface area contributed by atoms with Gasteiger partial charge in [0, 0.05) is 13.1 Å². The van der Waals surface area contributed by atoms with Gasteiger partial charge in [0.25, 0.3) is 0 Å². The number of morpholine rings is 1.